The van der Waals surface area contributed by atoms with Crippen LogP contribution in [0.3, 0.4) is 0 Å². The zero-order chi connectivity index (χ0) is 21.5. The molecule has 0 aromatic carbocycles. The fourth-order valence-electron chi connectivity index (χ4n) is 3.30. The Labute approximate surface area is 184 Å². The molecule has 0 saturated carbocycles. The summed E-state index contributed by atoms with van der Waals surface area (Å²) in [5.74, 6) is 0. The number of methoxy groups -OCH3 is 6. The maximum absolute atomic E-state index is 9.61. The molecule has 0 aromatic heterocycles. The molecule has 0 aliphatic carbocycles. The first-order valence-electron chi connectivity index (χ1n) is 9.82. The molecule has 28 heavy (non-hydrogen) atoms. The van der Waals surface area contributed by atoms with Gasteiger partial charge in [-0.3, -0.25) is 0 Å². The van der Waals surface area contributed by atoms with Gasteiger partial charge in [0.2, 0.25) is 0 Å². The third-order valence-electron chi connectivity index (χ3n) is 5.22. The van der Waals surface area contributed by atoms with Crippen LogP contribution in [-0.4, -0.2) is 88.5 Å². The number of hydrogen-bond acceptors (Lipinski definition) is 7. The van der Waals surface area contributed by atoms with Crippen LogP contribution in [0.2, 0.25) is 0 Å². The second-order valence-electron chi connectivity index (χ2n) is 7.18. The second kappa shape index (κ2) is 17.2. The monoisotopic (exact) mass is 520 g/mol. The highest BCUT2D eigenvalue weighted by molar-refractivity contribution is 14.1. The van der Waals surface area contributed by atoms with Gasteiger partial charge in [0.1, 0.15) is 4.11 Å². The summed E-state index contributed by atoms with van der Waals surface area (Å²) >= 11 is 1.99. The fraction of sp³-hybridized carbons (Fsp3) is 1.00. The van der Waals surface area contributed by atoms with E-state index in [1.54, 1.807) is 42.7 Å². The largest absolute Gasteiger partial charge is 0.383 e. The third-order valence-corrected chi connectivity index (χ3v) is 5.73. The Kier molecular flexibility index (Phi) is 17.4. The van der Waals surface area contributed by atoms with Crippen LogP contribution in [0, 0.1) is 0 Å². The Balaban J connectivity index is 4.74. The Bertz CT molecular complexity index is 359. The highest BCUT2D eigenvalue weighted by Crippen LogP contribution is 2.22. The van der Waals surface area contributed by atoms with Gasteiger partial charge in [-0.15, -0.1) is 0 Å². The first-order chi connectivity index (χ1) is 13.3. The molecule has 0 rings (SSSR count). The van der Waals surface area contributed by atoms with Gasteiger partial charge >= 0.3 is 0 Å². The van der Waals surface area contributed by atoms with E-state index in [-0.39, 0.29) is 36.6 Å². The minimum absolute atomic E-state index is 0.00529. The molecule has 0 saturated heterocycles. The van der Waals surface area contributed by atoms with Crippen molar-refractivity contribution in [3.8, 4) is 0 Å². The topological polar surface area (TPSA) is 75.6 Å². The fourth-order valence-corrected chi connectivity index (χ4v) is 3.87. The lowest BCUT2D eigenvalue weighted by molar-refractivity contribution is -0.0491. The van der Waals surface area contributed by atoms with E-state index in [0.717, 1.165) is 25.7 Å². The molecule has 0 amide bonds. The number of aliphatic hydroxyl groups is 1. The molecule has 8 heteroatoms. The lowest BCUT2D eigenvalue weighted by Gasteiger charge is -2.29. The molecule has 0 heterocycles. The molecule has 0 aliphatic heterocycles. The van der Waals surface area contributed by atoms with Gasteiger partial charge in [-0.1, -0.05) is 22.6 Å². The second-order valence-corrected chi connectivity index (χ2v) is 8.62. The van der Waals surface area contributed by atoms with Crippen LogP contribution >= 0.6 is 22.6 Å². The van der Waals surface area contributed by atoms with E-state index in [1.165, 1.54) is 0 Å². The molecule has 0 bridgehead atoms. The predicted octanol–water partition coefficient (Wildman–Crippen LogP) is 3.19. The van der Waals surface area contributed by atoms with Gasteiger partial charge in [0.15, 0.2) is 0 Å². The number of ether oxygens (including phenoxy) is 6. The minimum atomic E-state index is -0.434. The molecule has 7 nitrogen and oxygen atoms in total. The van der Waals surface area contributed by atoms with Crippen LogP contribution in [0.5, 0.6) is 0 Å². The molecule has 0 aromatic rings. The van der Waals surface area contributed by atoms with Crippen LogP contribution < -0.4 is 0 Å². The van der Waals surface area contributed by atoms with Gasteiger partial charge in [0, 0.05) is 49.1 Å². The van der Waals surface area contributed by atoms with Gasteiger partial charge in [-0.05, 0) is 39.0 Å². The maximum Gasteiger partial charge on any atom is 0.107 e. The van der Waals surface area contributed by atoms with E-state index in [2.05, 4.69) is 0 Å². The van der Waals surface area contributed by atoms with Crippen molar-refractivity contribution in [2.24, 2.45) is 0 Å². The molecule has 0 fully saturated rings. The molecular formula is C20H41IO7. The number of aliphatic hydroxyl groups excluding tert-OH is 1. The zero-order valence-electron chi connectivity index (χ0n) is 18.6. The molecule has 170 valence electrons. The lowest BCUT2D eigenvalue weighted by atomic mass is 9.96. The summed E-state index contributed by atoms with van der Waals surface area (Å²) in [6.45, 7) is 2.04. The molecule has 0 spiro atoms. The highest BCUT2D eigenvalue weighted by Gasteiger charge is 2.26. The minimum Gasteiger partial charge on any atom is -0.383 e. The number of rotatable bonds is 18. The summed E-state index contributed by atoms with van der Waals surface area (Å²) in [4.78, 5) is 0. The van der Waals surface area contributed by atoms with Crippen molar-refractivity contribution >= 4 is 22.6 Å². The van der Waals surface area contributed by atoms with E-state index in [0.29, 0.717) is 12.8 Å². The van der Waals surface area contributed by atoms with Crippen molar-refractivity contribution in [1.29, 1.82) is 0 Å². The van der Waals surface area contributed by atoms with E-state index >= 15 is 0 Å². The number of alkyl halides is 1. The normalized spacial score (nSPS) is 19.6. The van der Waals surface area contributed by atoms with Crippen molar-refractivity contribution in [2.45, 2.75) is 86.2 Å². The SMILES string of the molecule is COC(C)CC(CC(CC(CC(CC(CC(O)I)OC)OC)OC)OC)OC. The average molecular weight is 520 g/mol. The summed E-state index contributed by atoms with van der Waals surface area (Å²) in [6, 6.07) is 0. The van der Waals surface area contributed by atoms with Crippen molar-refractivity contribution in [3.63, 3.8) is 0 Å². The number of halogens is 1. The Morgan fingerprint density at radius 2 is 0.821 bits per heavy atom. The van der Waals surface area contributed by atoms with E-state index in [1.807, 2.05) is 29.5 Å². The summed E-state index contributed by atoms with van der Waals surface area (Å²) in [7, 11) is 10.2. The average Bonchev–Trinajstić information content (AvgIpc) is 2.69. The zero-order valence-corrected chi connectivity index (χ0v) is 20.7. The molecule has 7 atom stereocenters. The van der Waals surface area contributed by atoms with Crippen LogP contribution in [0.4, 0.5) is 0 Å². The van der Waals surface area contributed by atoms with Crippen LogP contribution in [0.15, 0.2) is 0 Å². The van der Waals surface area contributed by atoms with Gasteiger partial charge in [-0.25, -0.2) is 0 Å². The van der Waals surface area contributed by atoms with Gasteiger partial charge in [-0.2, -0.15) is 0 Å². The first kappa shape index (κ1) is 28.5. The Morgan fingerprint density at radius 1 is 0.536 bits per heavy atom. The summed E-state index contributed by atoms with van der Waals surface area (Å²) in [5, 5.41) is 9.61. The van der Waals surface area contributed by atoms with Gasteiger partial charge in [0.05, 0.1) is 36.6 Å². The van der Waals surface area contributed by atoms with E-state index < -0.39 is 4.11 Å². The van der Waals surface area contributed by atoms with E-state index in [4.69, 9.17) is 28.4 Å². The summed E-state index contributed by atoms with van der Waals surface area (Å²) in [6.07, 6.45) is 4.50. The van der Waals surface area contributed by atoms with Crippen molar-refractivity contribution in [3.05, 3.63) is 0 Å². The lowest BCUT2D eigenvalue weighted by Crippen LogP contribution is -2.32. The molecular weight excluding hydrogens is 479 g/mol. The van der Waals surface area contributed by atoms with Crippen molar-refractivity contribution < 1.29 is 33.5 Å². The standard InChI is InChI=1S/C20H41IO7/c1-14(23-2)8-15(24-3)9-16(25-4)10-17(26-5)11-18(27-6)12-19(28-7)13-20(21)22/h14-20,22H,8-13H2,1-7H3. The van der Waals surface area contributed by atoms with Crippen LogP contribution in [0.1, 0.15) is 45.4 Å². The van der Waals surface area contributed by atoms with Gasteiger partial charge < -0.3 is 33.5 Å². The first-order valence-corrected chi connectivity index (χ1v) is 11.1. The Hall–Kier alpha value is 0.450. The van der Waals surface area contributed by atoms with E-state index in [9.17, 15) is 5.11 Å². The highest BCUT2D eigenvalue weighted by atomic mass is 127. The third kappa shape index (κ3) is 12.9. The molecule has 0 aliphatic rings. The van der Waals surface area contributed by atoms with Gasteiger partial charge in [0.25, 0.3) is 0 Å². The molecule has 7 unspecified atom stereocenters. The smallest absolute Gasteiger partial charge is 0.107 e. The van der Waals surface area contributed by atoms with Crippen molar-refractivity contribution in [1.82, 2.24) is 0 Å². The summed E-state index contributed by atoms with van der Waals surface area (Å²) in [5.41, 5.74) is 0. The summed E-state index contributed by atoms with van der Waals surface area (Å²) < 4.78 is 33.1. The quantitative estimate of drug-likeness (QED) is 0.220. The van der Waals surface area contributed by atoms with Crippen LogP contribution in [0.25, 0.3) is 0 Å². The Morgan fingerprint density at radius 3 is 1.07 bits per heavy atom. The number of hydrogen-bond donors (Lipinski definition) is 1. The van der Waals surface area contributed by atoms with Crippen molar-refractivity contribution in [2.75, 3.05) is 42.7 Å². The molecule has 1 N–H and O–H groups in total. The molecule has 0 radical (unpaired) electrons. The van der Waals surface area contributed by atoms with Crippen LogP contribution in [-0.2, 0) is 28.4 Å². The predicted molar refractivity (Wildman–Crippen MR) is 118 cm³/mol. The maximum atomic E-state index is 9.61.